The Morgan fingerprint density at radius 1 is 0.667 bits per heavy atom. The summed E-state index contributed by atoms with van der Waals surface area (Å²) < 4.78 is 0. The van der Waals surface area contributed by atoms with Crippen LogP contribution in [0.5, 0.6) is 0 Å². The number of carbonyl (C=O) groups is 4. The summed E-state index contributed by atoms with van der Waals surface area (Å²) in [6, 6.07) is 0. The molecule has 2 atom stereocenters. The van der Waals surface area contributed by atoms with Crippen LogP contribution in [-0.2, 0) is 19.2 Å². The predicted octanol–water partition coefficient (Wildman–Crippen LogP) is 1.68. The number of carboxylic acids is 4. The summed E-state index contributed by atoms with van der Waals surface area (Å²) in [7, 11) is 0. The molecule has 0 aliphatic heterocycles. The maximum atomic E-state index is 12.1. The third kappa shape index (κ3) is 2.74. The van der Waals surface area contributed by atoms with Gasteiger partial charge in [-0.25, -0.2) is 0 Å². The smallest absolute Gasteiger partial charge is 0.310 e. The quantitative estimate of drug-likeness (QED) is 0.589. The lowest BCUT2D eigenvalue weighted by Gasteiger charge is -2.50. The van der Waals surface area contributed by atoms with Gasteiger partial charge in [0.1, 0.15) is 0 Å². The molecule has 0 aromatic rings. The van der Waals surface area contributed by atoms with Crippen molar-refractivity contribution >= 4 is 23.9 Å². The molecular weight excluding hydrogens is 320 g/mol. The molecule has 2 unspecified atom stereocenters. The Kier molecular flexibility index (Phi) is 4.87. The number of aliphatic carboxylic acids is 4. The Hall–Kier alpha value is -2.12. The van der Waals surface area contributed by atoms with Crippen molar-refractivity contribution < 1.29 is 39.6 Å². The summed E-state index contributed by atoms with van der Waals surface area (Å²) in [5.41, 5.74) is -3.28. The van der Waals surface area contributed by atoms with Crippen LogP contribution in [0, 0.1) is 22.7 Å². The van der Waals surface area contributed by atoms with Gasteiger partial charge in [0.25, 0.3) is 0 Å². The highest BCUT2D eigenvalue weighted by molar-refractivity contribution is 5.88. The Bertz CT molecular complexity index is 560. The van der Waals surface area contributed by atoms with Crippen LogP contribution in [0.4, 0.5) is 0 Å². The van der Waals surface area contributed by atoms with Crippen LogP contribution in [0.3, 0.4) is 0 Å². The van der Waals surface area contributed by atoms with E-state index in [1.165, 1.54) is 0 Å². The van der Waals surface area contributed by atoms with Gasteiger partial charge in [-0.3, -0.25) is 19.2 Å². The second kappa shape index (κ2) is 6.41. The Morgan fingerprint density at radius 2 is 1.17 bits per heavy atom. The molecule has 8 heteroatoms. The maximum Gasteiger partial charge on any atom is 0.310 e. The third-order valence-corrected chi connectivity index (χ3v) is 6.02. The van der Waals surface area contributed by atoms with E-state index >= 15 is 0 Å². The van der Waals surface area contributed by atoms with E-state index in [1.807, 2.05) is 0 Å². The van der Waals surface area contributed by atoms with Gasteiger partial charge in [-0.15, -0.1) is 0 Å². The SMILES string of the molecule is O=C(O)C1CCC(C(=O)O)(C2(C(=O)O)CCCC(C(=O)O)C2)CC1. The molecule has 2 aliphatic carbocycles. The first-order valence-corrected chi connectivity index (χ1v) is 8.09. The minimum absolute atomic E-state index is 0.0576. The van der Waals surface area contributed by atoms with Crippen LogP contribution >= 0.6 is 0 Å². The molecule has 0 aromatic carbocycles. The maximum absolute atomic E-state index is 12.1. The standard InChI is InChI=1S/C16H22O8/c17-11(18)9-3-6-15(7-4-9,13(21)22)16(14(23)24)5-1-2-10(8-16)12(19)20/h9-10H,1-8H2,(H,17,18)(H,19,20)(H,21,22)(H,23,24). The van der Waals surface area contributed by atoms with Crippen LogP contribution in [-0.4, -0.2) is 44.3 Å². The van der Waals surface area contributed by atoms with Gasteiger partial charge >= 0.3 is 23.9 Å². The van der Waals surface area contributed by atoms with E-state index in [1.54, 1.807) is 0 Å². The largest absolute Gasteiger partial charge is 0.481 e. The first-order valence-electron chi connectivity index (χ1n) is 8.09. The van der Waals surface area contributed by atoms with Crippen LogP contribution in [0.2, 0.25) is 0 Å². The molecule has 0 aromatic heterocycles. The van der Waals surface area contributed by atoms with Crippen molar-refractivity contribution in [2.75, 3.05) is 0 Å². The van der Waals surface area contributed by atoms with E-state index in [-0.39, 0.29) is 38.5 Å². The fourth-order valence-electron chi connectivity index (χ4n) is 4.57. The summed E-state index contributed by atoms with van der Waals surface area (Å²) >= 11 is 0. The van der Waals surface area contributed by atoms with E-state index in [2.05, 4.69) is 0 Å². The van der Waals surface area contributed by atoms with Gasteiger partial charge in [-0.1, -0.05) is 6.42 Å². The molecule has 134 valence electrons. The molecule has 24 heavy (non-hydrogen) atoms. The zero-order valence-electron chi connectivity index (χ0n) is 13.2. The number of hydrogen-bond acceptors (Lipinski definition) is 4. The van der Waals surface area contributed by atoms with Crippen molar-refractivity contribution in [3.05, 3.63) is 0 Å². The van der Waals surface area contributed by atoms with E-state index in [4.69, 9.17) is 5.11 Å². The summed E-state index contributed by atoms with van der Waals surface area (Å²) in [6.07, 6.45) is 0.620. The fourth-order valence-corrected chi connectivity index (χ4v) is 4.57. The Morgan fingerprint density at radius 3 is 1.58 bits per heavy atom. The van der Waals surface area contributed by atoms with Gasteiger partial charge in [-0.2, -0.15) is 0 Å². The normalized spacial score (nSPS) is 36.7. The Labute approximate surface area is 138 Å². The molecular formula is C16H22O8. The van der Waals surface area contributed by atoms with Gasteiger partial charge < -0.3 is 20.4 Å². The molecule has 0 radical (unpaired) electrons. The van der Waals surface area contributed by atoms with E-state index in [9.17, 15) is 34.5 Å². The van der Waals surface area contributed by atoms with Crippen LogP contribution in [0.25, 0.3) is 0 Å². The summed E-state index contributed by atoms with van der Waals surface area (Å²) in [4.78, 5) is 46.6. The molecule has 0 spiro atoms. The van der Waals surface area contributed by atoms with Crippen LogP contribution in [0.15, 0.2) is 0 Å². The third-order valence-electron chi connectivity index (χ3n) is 6.02. The van der Waals surface area contributed by atoms with E-state index in [0.717, 1.165) is 0 Å². The van der Waals surface area contributed by atoms with Crippen LogP contribution in [0.1, 0.15) is 51.4 Å². The van der Waals surface area contributed by atoms with Gasteiger partial charge in [0, 0.05) is 0 Å². The number of carboxylic acid groups (broad SMARTS) is 4. The molecule has 8 nitrogen and oxygen atoms in total. The average Bonchev–Trinajstić information content (AvgIpc) is 2.54. The summed E-state index contributed by atoms with van der Waals surface area (Å²) in [5, 5.41) is 38.1. The molecule has 0 amide bonds. The van der Waals surface area contributed by atoms with Crippen molar-refractivity contribution in [3.63, 3.8) is 0 Å². The minimum atomic E-state index is -1.66. The highest BCUT2D eigenvalue weighted by atomic mass is 16.4. The highest BCUT2D eigenvalue weighted by Crippen LogP contribution is 2.59. The summed E-state index contributed by atoms with van der Waals surface area (Å²) in [6.45, 7) is 0. The zero-order valence-corrected chi connectivity index (χ0v) is 13.2. The monoisotopic (exact) mass is 342 g/mol. The molecule has 0 saturated heterocycles. The lowest BCUT2D eigenvalue weighted by molar-refractivity contribution is -0.187. The average molecular weight is 342 g/mol. The van der Waals surface area contributed by atoms with E-state index < -0.39 is 46.5 Å². The van der Waals surface area contributed by atoms with Crippen molar-refractivity contribution in [2.45, 2.75) is 51.4 Å². The molecule has 0 heterocycles. The molecule has 4 N–H and O–H groups in total. The second-order valence-electron chi connectivity index (χ2n) is 7.02. The van der Waals surface area contributed by atoms with Gasteiger partial charge in [0.2, 0.25) is 0 Å². The molecule has 0 bridgehead atoms. The van der Waals surface area contributed by atoms with Crippen LogP contribution < -0.4 is 0 Å². The second-order valence-corrected chi connectivity index (χ2v) is 7.02. The highest BCUT2D eigenvalue weighted by Gasteiger charge is 2.63. The van der Waals surface area contributed by atoms with Gasteiger partial charge in [0.05, 0.1) is 22.7 Å². The van der Waals surface area contributed by atoms with Crippen molar-refractivity contribution in [2.24, 2.45) is 22.7 Å². The van der Waals surface area contributed by atoms with Crippen molar-refractivity contribution in [1.82, 2.24) is 0 Å². The molecule has 2 aliphatic rings. The van der Waals surface area contributed by atoms with E-state index in [0.29, 0.717) is 12.8 Å². The molecule has 2 rings (SSSR count). The molecule has 2 saturated carbocycles. The topological polar surface area (TPSA) is 149 Å². The number of rotatable bonds is 5. The fraction of sp³-hybridized carbons (Fsp3) is 0.750. The zero-order chi connectivity index (χ0) is 18.1. The Balaban J connectivity index is 2.42. The predicted molar refractivity (Wildman–Crippen MR) is 79.3 cm³/mol. The minimum Gasteiger partial charge on any atom is -0.481 e. The lowest BCUT2D eigenvalue weighted by Crippen LogP contribution is -2.57. The van der Waals surface area contributed by atoms with Gasteiger partial charge in [0.15, 0.2) is 0 Å². The molecule has 2 fully saturated rings. The first-order chi connectivity index (χ1) is 11.2. The summed E-state index contributed by atoms with van der Waals surface area (Å²) in [5.74, 6) is -6.24. The lowest BCUT2D eigenvalue weighted by atomic mass is 9.50. The van der Waals surface area contributed by atoms with Gasteiger partial charge in [-0.05, 0) is 44.9 Å². The number of hydrogen-bond donors (Lipinski definition) is 4. The first kappa shape index (κ1) is 18.2. The van der Waals surface area contributed by atoms with Crippen molar-refractivity contribution in [1.29, 1.82) is 0 Å². The van der Waals surface area contributed by atoms with Crippen molar-refractivity contribution in [3.8, 4) is 0 Å².